The monoisotopic (exact) mass is 455 g/mol. The van der Waals surface area contributed by atoms with Crippen LogP contribution < -0.4 is 4.74 Å². The summed E-state index contributed by atoms with van der Waals surface area (Å²) in [6.07, 6.45) is 0. The molecule has 0 N–H and O–H groups in total. The number of hydrogen-bond donors (Lipinski definition) is 0. The summed E-state index contributed by atoms with van der Waals surface area (Å²) in [5.41, 5.74) is 4.15. The van der Waals surface area contributed by atoms with Crippen LogP contribution in [0.15, 0.2) is 71.9 Å². The minimum Gasteiger partial charge on any atom is -0.497 e. The van der Waals surface area contributed by atoms with Gasteiger partial charge in [0.05, 0.1) is 7.11 Å². The number of nitrogens with zero attached hydrogens (tertiary/aromatic N) is 3. The lowest BCUT2D eigenvalue weighted by atomic mass is 10.2. The van der Waals surface area contributed by atoms with Crippen molar-refractivity contribution in [3.8, 4) is 22.8 Å². The van der Waals surface area contributed by atoms with Crippen molar-refractivity contribution in [1.82, 2.24) is 14.8 Å². The Morgan fingerprint density at radius 2 is 1.67 bits per heavy atom. The van der Waals surface area contributed by atoms with Crippen LogP contribution in [0.2, 0.25) is 10.0 Å². The molecular formula is C23H19Cl2N3OS. The van der Waals surface area contributed by atoms with Gasteiger partial charge in [-0.1, -0.05) is 58.7 Å². The first kappa shape index (κ1) is 20.8. The normalized spacial score (nSPS) is 10.9. The van der Waals surface area contributed by atoms with Gasteiger partial charge in [0.2, 0.25) is 0 Å². The molecule has 4 nitrogen and oxygen atoms in total. The maximum Gasteiger partial charge on any atom is 0.196 e. The van der Waals surface area contributed by atoms with Crippen LogP contribution in [-0.2, 0) is 5.75 Å². The zero-order chi connectivity index (χ0) is 21.1. The van der Waals surface area contributed by atoms with Crippen molar-refractivity contribution in [1.29, 1.82) is 0 Å². The largest absolute Gasteiger partial charge is 0.497 e. The van der Waals surface area contributed by atoms with E-state index < -0.39 is 0 Å². The number of thioether (sulfide) groups is 1. The van der Waals surface area contributed by atoms with E-state index in [-0.39, 0.29) is 0 Å². The Morgan fingerprint density at radius 3 is 2.33 bits per heavy atom. The van der Waals surface area contributed by atoms with Crippen LogP contribution in [0.1, 0.15) is 11.1 Å². The standard InChI is InChI=1S/C23H19Cl2N3OS/c1-15-3-9-19(10-4-15)28-22(16-6-11-20(29-2)12-7-16)26-27-23(28)30-14-17-5-8-18(24)13-21(17)25/h3-13H,14H2,1-2H3. The molecule has 0 unspecified atom stereocenters. The quantitative estimate of drug-likeness (QED) is 0.298. The van der Waals surface area contributed by atoms with E-state index in [0.29, 0.717) is 15.8 Å². The highest BCUT2D eigenvalue weighted by molar-refractivity contribution is 7.98. The van der Waals surface area contributed by atoms with Crippen molar-refractivity contribution in [3.63, 3.8) is 0 Å². The fraction of sp³-hybridized carbons (Fsp3) is 0.130. The average molecular weight is 456 g/mol. The molecule has 0 aliphatic heterocycles. The third-order valence-electron chi connectivity index (χ3n) is 4.65. The molecule has 0 spiro atoms. The number of halogens is 2. The van der Waals surface area contributed by atoms with Crippen molar-refractivity contribution < 1.29 is 4.74 Å². The zero-order valence-electron chi connectivity index (χ0n) is 16.5. The lowest BCUT2D eigenvalue weighted by Crippen LogP contribution is -2.00. The number of benzene rings is 3. The molecule has 0 aliphatic rings. The van der Waals surface area contributed by atoms with Gasteiger partial charge in [-0.2, -0.15) is 0 Å². The van der Waals surface area contributed by atoms with Crippen molar-refractivity contribution in [3.05, 3.63) is 87.9 Å². The minimum absolute atomic E-state index is 0.623. The number of ether oxygens (including phenoxy) is 1. The smallest absolute Gasteiger partial charge is 0.196 e. The number of aromatic nitrogens is 3. The Labute approximate surface area is 189 Å². The SMILES string of the molecule is COc1ccc(-c2nnc(SCc3ccc(Cl)cc3Cl)n2-c2ccc(C)cc2)cc1. The van der Waals surface area contributed by atoms with Gasteiger partial charge in [0.1, 0.15) is 5.75 Å². The van der Waals surface area contributed by atoms with E-state index in [0.717, 1.165) is 33.5 Å². The van der Waals surface area contributed by atoms with Crippen LogP contribution in [0.3, 0.4) is 0 Å². The van der Waals surface area contributed by atoms with Crippen molar-refractivity contribution in [2.24, 2.45) is 0 Å². The Balaban J connectivity index is 1.72. The molecule has 1 aromatic heterocycles. The molecule has 0 atom stereocenters. The molecule has 7 heteroatoms. The third-order valence-corrected chi connectivity index (χ3v) is 6.21. The van der Waals surface area contributed by atoms with E-state index in [9.17, 15) is 0 Å². The van der Waals surface area contributed by atoms with E-state index >= 15 is 0 Å². The van der Waals surface area contributed by atoms with Crippen LogP contribution in [-0.4, -0.2) is 21.9 Å². The summed E-state index contributed by atoms with van der Waals surface area (Å²) in [6, 6.07) is 21.7. The first-order chi connectivity index (χ1) is 14.5. The van der Waals surface area contributed by atoms with E-state index in [2.05, 4.69) is 46.0 Å². The summed E-state index contributed by atoms with van der Waals surface area (Å²) in [4.78, 5) is 0. The summed E-state index contributed by atoms with van der Waals surface area (Å²) in [7, 11) is 1.65. The van der Waals surface area contributed by atoms with E-state index in [4.69, 9.17) is 27.9 Å². The number of rotatable bonds is 6. The van der Waals surface area contributed by atoms with Crippen molar-refractivity contribution >= 4 is 35.0 Å². The molecule has 1 heterocycles. The van der Waals surface area contributed by atoms with Gasteiger partial charge in [0.15, 0.2) is 11.0 Å². The molecule has 0 radical (unpaired) electrons. The first-order valence-corrected chi connectivity index (χ1v) is 11.0. The second-order valence-corrected chi connectivity index (χ2v) is 8.52. The van der Waals surface area contributed by atoms with E-state index in [1.807, 2.05) is 36.4 Å². The second-order valence-electron chi connectivity index (χ2n) is 6.73. The van der Waals surface area contributed by atoms with Gasteiger partial charge >= 0.3 is 0 Å². The lowest BCUT2D eigenvalue weighted by Gasteiger charge is -2.11. The summed E-state index contributed by atoms with van der Waals surface area (Å²) < 4.78 is 7.34. The molecule has 0 amide bonds. The minimum atomic E-state index is 0.623. The zero-order valence-corrected chi connectivity index (χ0v) is 18.8. The Morgan fingerprint density at radius 1 is 0.933 bits per heavy atom. The Hall–Kier alpha value is -2.47. The number of hydrogen-bond acceptors (Lipinski definition) is 4. The molecule has 30 heavy (non-hydrogen) atoms. The molecule has 3 aromatic carbocycles. The van der Waals surface area contributed by atoms with Gasteiger partial charge in [0, 0.05) is 27.0 Å². The van der Waals surface area contributed by atoms with Crippen LogP contribution >= 0.6 is 35.0 Å². The average Bonchev–Trinajstić information content (AvgIpc) is 3.17. The highest BCUT2D eigenvalue weighted by Crippen LogP contribution is 2.32. The van der Waals surface area contributed by atoms with Crippen molar-refractivity contribution in [2.75, 3.05) is 7.11 Å². The maximum absolute atomic E-state index is 6.35. The predicted octanol–water partition coefficient (Wildman–Crippen LogP) is 6.85. The fourth-order valence-corrected chi connectivity index (χ4v) is 4.51. The molecule has 0 fully saturated rings. The van der Waals surface area contributed by atoms with Gasteiger partial charge in [-0.15, -0.1) is 10.2 Å². The van der Waals surface area contributed by atoms with Gasteiger partial charge in [-0.05, 0) is 61.0 Å². The fourth-order valence-electron chi connectivity index (χ4n) is 3.00. The molecule has 0 aliphatic carbocycles. The predicted molar refractivity (Wildman–Crippen MR) is 124 cm³/mol. The van der Waals surface area contributed by atoms with Gasteiger partial charge in [0.25, 0.3) is 0 Å². The molecular weight excluding hydrogens is 437 g/mol. The van der Waals surface area contributed by atoms with E-state index in [1.54, 1.807) is 24.9 Å². The first-order valence-electron chi connectivity index (χ1n) is 9.29. The summed E-state index contributed by atoms with van der Waals surface area (Å²) >= 11 is 13.9. The van der Waals surface area contributed by atoms with Crippen LogP contribution in [0, 0.1) is 6.92 Å². The summed E-state index contributed by atoms with van der Waals surface area (Å²) in [5.74, 6) is 2.22. The van der Waals surface area contributed by atoms with Crippen LogP contribution in [0.4, 0.5) is 0 Å². The highest BCUT2D eigenvalue weighted by atomic mass is 35.5. The summed E-state index contributed by atoms with van der Waals surface area (Å²) in [6.45, 7) is 2.07. The van der Waals surface area contributed by atoms with Crippen molar-refractivity contribution in [2.45, 2.75) is 17.8 Å². The molecule has 152 valence electrons. The van der Waals surface area contributed by atoms with Crippen LogP contribution in [0.25, 0.3) is 17.1 Å². The maximum atomic E-state index is 6.35. The topological polar surface area (TPSA) is 39.9 Å². The number of aryl methyl sites for hydroxylation is 1. The van der Waals surface area contributed by atoms with Gasteiger partial charge in [-0.3, -0.25) is 4.57 Å². The van der Waals surface area contributed by atoms with E-state index in [1.165, 1.54) is 5.56 Å². The second kappa shape index (κ2) is 9.13. The molecule has 0 bridgehead atoms. The number of methoxy groups -OCH3 is 1. The van der Waals surface area contributed by atoms with Gasteiger partial charge in [-0.25, -0.2) is 0 Å². The lowest BCUT2D eigenvalue weighted by molar-refractivity contribution is 0.415. The highest BCUT2D eigenvalue weighted by Gasteiger charge is 2.17. The third kappa shape index (κ3) is 4.48. The van der Waals surface area contributed by atoms with Crippen LogP contribution in [0.5, 0.6) is 5.75 Å². The summed E-state index contributed by atoms with van der Waals surface area (Å²) in [5, 5.41) is 11.0. The molecule has 4 rings (SSSR count). The molecule has 0 saturated heterocycles. The van der Waals surface area contributed by atoms with Gasteiger partial charge < -0.3 is 4.74 Å². The molecule has 4 aromatic rings. The molecule has 0 saturated carbocycles. The Bertz CT molecular complexity index is 1160. The Kier molecular flexibility index (Phi) is 6.32.